The van der Waals surface area contributed by atoms with Crippen molar-refractivity contribution >= 4 is 11.8 Å². The predicted octanol–water partition coefficient (Wildman–Crippen LogP) is 1.57. The molecule has 19 heavy (non-hydrogen) atoms. The van der Waals surface area contributed by atoms with Crippen molar-refractivity contribution in [2.45, 2.75) is 12.8 Å². The van der Waals surface area contributed by atoms with Gasteiger partial charge in [-0.3, -0.25) is 9.59 Å². The zero-order chi connectivity index (χ0) is 14.0. The molecule has 2 rings (SSSR count). The summed E-state index contributed by atoms with van der Waals surface area (Å²) < 4.78 is 31.8. The third-order valence-electron chi connectivity index (χ3n) is 3.29. The molecular weight excluding hydrogens is 258 g/mol. The number of carbonyl (C=O) groups is 2. The second-order valence-corrected chi connectivity index (χ2v) is 4.50. The van der Waals surface area contributed by atoms with Gasteiger partial charge in [0.25, 0.3) is 0 Å². The normalized spacial score (nSPS) is 23.4. The van der Waals surface area contributed by atoms with Crippen molar-refractivity contribution in [3.63, 3.8) is 0 Å². The topological polar surface area (TPSA) is 63.6 Å². The first-order valence-electron chi connectivity index (χ1n) is 5.75. The number of benzene rings is 1. The number of carboxylic acids is 1. The molecule has 1 saturated heterocycles. The van der Waals surface area contributed by atoms with E-state index in [1.165, 1.54) is 12.1 Å². The zero-order valence-electron chi connectivity index (χ0n) is 9.99. The Morgan fingerprint density at radius 1 is 1.42 bits per heavy atom. The van der Waals surface area contributed by atoms with Crippen molar-refractivity contribution in [3.05, 3.63) is 35.4 Å². The molecule has 1 aliphatic heterocycles. The molecule has 1 unspecified atom stereocenters. The highest BCUT2D eigenvalue weighted by molar-refractivity contribution is 6.04. The molecule has 102 valence electrons. The average Bonchev–Trinajstić information content (AvgIpc) is 2.37. The third kappa shape index (κ3) is 2.35. The number of carboxylic acid groups (broad SMARTS) is 1. The number of halogens is 2. The van der Waals surface area contributed by atoms with Gasteiger partial charge in [-0.05, 0) is 11.6 Å². The molecule has 1 aliphatic rings. The molecule has 1 atom stereocenters. The van der Waals surface area contributed by atoms with Gasteiger partial charge >= 0.3 is 5.97 Å². The van der Waals surface area contributed by atoms with E-state index in [0.29, 0.717) is 0 Å². The first-order chi connectivity index (χ1) is 8.97. The van der Waals surface area contributed by atoms with Crippen LogP contribution in [0.4, 0.5) is 8.78 Å². The minimum atomic E-state index is -1.83. The van der Waals surface area contributed by atoms with Crippen molar-refractivity contribution in [2.75, 3.05) is 13.2 Å². The second-order valence-electron chi connectivity index (χ2n) is 4.50. The molecule has 0 bridgehead atoms. The summed E-state index contributed by atoms with van der Waals surface area (Å²) >= 11 is 0. The predicted molar refractivity (Wildman–Crippen MR) is 60.6 cm³/mol. The van der Waals surface area contributed by atoms with Crippen molar-refractivity contribution < 1.29 is 28.2 Å². The molecule has 1 fully saturated rings. The van der Waals surface area contributed by atoms with Gasteiger partial charge in [0.15, 0.2) is 22.8 Å². The van der Waals surface area contributed by atoms with Gasteiger partial charge in [0.1, 0.15) is 0 Å². The smallest absolute Gasteiger partial charge is 0.319 e. The first-order valence-corrected chi connectivity index (χ1v) is 5.75. The number of ketones is 1. The minimum absolute atomic E-state index is 0.0385. The number of aliphatic carboxylic acids is 1. The van der Waals surface area contributed by atoms with E-state index in [1.807, 2.05) is 0 Å². The van der Waals surface area contributed by atoms with E-state index in [-0.39, 0.29) is 25.2 Å². The summed E-state index contributed by atoms with van der Waals surface area (Å²) in [6.07, 6.45) is -0.450. The maximum atomic E-state index is 13.6. The molecule has 0 amide bonds. The number of rotatable bonds is 3. The average molecular weight is 270 g/mol. The van der Waals surface area contributed by atoms with Crippen LogP contribution < -0.4 is 0 Å². The summed E-state index contributed by atoms with van der Waals surface area (Å²) in [6, 6.07) is 3.48. The van der Waals surface area contributed by atoms with Crippen LogP contribution in [0.25, 0.3) is 0 Å². The Kier molecular flexibility index (Phi) is 3.61. The first kappa shape index (κ1) is 13.6. The van der Waals surface area contributed by atoms with Gasteiger partial charge in [-0.25, -0.2) is 8.78 Å². The molecule has 4 nitrogen and oxygen atoms in total. The van der Waals surface area contributed by atoms with E-state index < -0.39 is 35.2 Å². The van der Waals surface area contributed by atoms with Gasteiger partial charge in [0.2, 0.25) is 0 Å². The van der Waals surface area contributed by atoms with Gasteiger partial charge in [-0.2, -0.15) is 0 Å². The monoisotopic (exact) mass is 270 g/mol. The van der Waals surface area contributed by atoms with E-state index in [4.69, 9.17) is 4.74 Å². The quantitative estimate of drug-likeness (QED) is 0.847. The van der Waals surface area contributed by atoms with E-state index in [9.17, 15) is 23.5 Å². The van der Waals surface area contributed by atoms with Crippen LogP contribution in [0.2, 0.25) is 0 Å². The Bertz CT molecular complexity index is 529. The van der Waals surface area contributed by atoms with Gasteiger partial charge < -0.3 is 9.84 Å². The van der Waals surface area contributed by atoms with Gasteiger partial charge in [-0.1, -0.05) is 12.1 Å². The third-order valence-corrected chi connectivity index (χ3v) is 3.29. The largest absolute Gasteiger partial charge is 0.480 e. The lowest BCUT2D eigenvalue weighted by Crippen LogP contribution is -2.48. The highest BCUT2D eigenvalue weighted by atomic mass is 19.2. The fourth-order valence-corrected chi connectivity index (χ4v) is 2.15. The van der Waals surface area contributed by atoms with Crippen LogP contribution in [0.15, 0.2) is 18.2 Å². The van der Waals surface area contributed by atoms with Gasteiger partial charge in [0.05, 0.1) is 13.2 Å². The van der Waals surface area contributed by atoms with Crippen LogP contribution in [-0.2, 0) is 20.7 Å². The van der Waals surface area contributed by atoms with E-state index in [1.54, 1.807) is 0 Å². The zero-order valence-corrected chi connectivity index (χ0v) is 9.99. The molecule has 1 aromatic carbocycles. The Morgan fingerprint density at radius 2 is 2.16 bits per heavy atom. The number of hydrogen-bond acceptors (Lipinski definition) is 3. The Labute approximate surface area is 108 Å². The Balaban J connectivity index is 2.39. The Morgan fingerprint density at radius 3 is 2.79 bits per heavy atom. The lowest BCUT2D eigenvalue weighted by molar-refractivity contribution is -0.164. The molecule has 0 aromatic heterocycles. The molecule has 1 N–H and O–H groups in total. The molecule has 1 heterocycles. The summed E-state index contributed by atoms with van der Waals surface area (Å²) in [5.74, 6) is -4.08. The van der Waals surface area contributed by atoms with Crippen LogP contribution in [0.1, 0.15) is 12.0 Å². The summed E-state index contributed by atoms with van der Waals surface area (Å²) in [5, 5.41) is 9.26. The molecule has 0 radical (unpaired) electrons. The summed E-state index contributed by atoms with van der Waals surface area (Å²) in [5.41, 5.74) is -1.96. The van der Waals surface area contributed by atoms with Crippen LogP contribution in [0.3, 0.4) is 0 Å². The van der Waals surface area contributed by atoms with E-state index in [0.717, 1.165) is 6.07 Å². The molecule has 0 spiro atoms. The minimum Gasteiger partial charge on any atom is -0.480 e. The maximum Gasteiger partial charge on any atom is 0.319 e. The summed E-state index contributed by atoms with van der Waals surface area (Å²) in [6.45, 7) is -0.170. The van der Waals surface area contributed by atoms with Crippen molar-refractivity contribution in [3.8, 4) is 0 Å². The van der Waals surface area contributed by atoms with Crippen LogP contribution >= 0.6 is 0 Å². The fourth-order valence-electron chi connectivity index (χ4n) is 2.15. The lowest BCUT2D eigenvalue weighted by Gasteiger charge is -2.31. The van der Waals surface area contributed by atoms with Crippen LogP contribution in [-0.4, -0.2) is 30.1 Å². The summed E-state index contributed by atoms with van der Waals surface area (Å²) in [7, 11) is 0. The molecule has 1 aromatic rings. The van der Waals surface area contributed by atoms with Crippen molar-refractivity contribution in [2.24, 2.45) is 5.41 Å². The van der Waals surface area contributed by atoms with Crippen molar-refractivity contribution in [1.82, 2.24) is 0 Å². The highest BCUT2D eigenvalue weighted by Gasteiger charge is 2.48. The number of Topliss-reactive ketones (excluding diaryl/α,β-unsaturated/α-hetero) is 1. The Hall–Kier alpha value is -1.82. The molecule has 0 aliphatic carbocycles. The van der Waals surface area contributed by atoms with Crippen molar-refractivity contribution in [1.29, 1.82) is 0 Å². The SMILES string of the molecule is O=C(O)C1(Cc2cccc(F)c2F)COCCC1=O. The molecule has 0 saturated carbocycles. The van der Waals surface area contributed by atoms with Gasteiger partial charge in [-0.15, -0.1) is 0 Å². The standard InChI is InChI=1S/C13H12F2O4/c14-9-3-1-2-8(11(9)15)6-13(12(17)18)7-19-5-4-10(13)16/h1-3H,4-7H2,(H,17,18). The highest BCUT2D eigenvalue weighted by Crippen LogP contribution is 2.31. The van der Waals surface area contributed by atoms with Crippen LogP contribution in [0.5, 0.6) is 0 Å². The lowest BCUT2D eigenvalue weighted by atomic mass is 9.76. The molecule has 6 heteroatoms. The van der Waals surface area contributed by atoms with E-state index >= 15 is 0 Å². The van der Waals surface area contributed by atoms with E-state index in [2.05, 4.69) is 0 Å². The maximum absolute atomic E-state index is 13.6. The summed E-state index contributed by atoms with van der Waals surface area (Å²) in [4.78, 5) is 23.3. The number of carbonyl (C=O) groups excluding carboxylic acids is 1. The number of hydrogen-bond donors (Lipinski definition) is 1. The van der Waals surface area contributed by atoms with Crippen LogP contribution in [0, 0.1) is 17.0 Å². The second kappa shape index (κ2) is 5.05. The number of ether oxygens (including phenoxy) is 1. The fraction of sp³-hybridized carbons (Fsp3) is 0.385. The van der Waals surface area contributed by atoms with Gasteiger partial charge in [0, 0.05) is 12.8 Å². The molecular formula is C13H12F2O4.